The molecule has 0 unspecified atom stereocenters. The molecular formula is C11H14BNO2. The molecular weight excluding hydrogens is 189 g/mol. The topological polar surface area (TPSA) is 53.4 Å². The van der Waals surface area contributed by atoms with Crippen LogP contribution in [-0.4, -0.2) is 22.2 Å². The summed E-state index contributed by atoms with van der Waals surface area (Å²) in [5, 5.41) is 19.8. The van der Waals surface area contributed by atoms with Crippen LogP contribution in [0.4, 0.5) is 0 Å². The van der Waals surface area contributed by atoms with E-state index in [0.29, 0.717) is 10.8 Å². The molecule has 0 spiro atoms. The second-order valence-corrected chi connectivity index (χ2v) is 3.43. The third-order valence-electron chi connectivity index (χ3n) is 2.12. The minimum Gasteiger partial charge on any atom is -0.423 e. The van der Waals surface area contributed by atoms with E-state index in [4.69, 9.17) is 10.0 Å². The van der Waals surface area contributed by atoms with Crippen molar-refractivity contribution in [3.05, 3.63) is 41.6 Å². The predicted octanol–water partition coefficient (Wildman–Crippen LogP) is -0.379. The first-order chi connectivity index (χ1) is 7.07. The Morgan fingerprint density at radius 3 is 2.60 bits per heavy atom. The van der Waals surface area contributed by atoms with E-state index >= 15 is 0 Å². The lowest BCUT2D eigenvalue weighted by Crippen LogP contribution is -2.35. The Morgan fingerprint density at radius 1 is 1.47 bits per heavy atom. The highest BCUT2D eigenvalue weighted by atomic mass is 16.4. The third-order valence-corrected chi connectivity index (χ3v) is 2.12. The van der Waals surface area contributed by atoms with Crippen LogP contribution in [0.3, 0.4) is 0 Å². The molecule has 1 aromatic rings. The van der Waals surface area contributed by atoms with Crippen molar-refractivity contribution in [2.24, 2.45) is 0 Å². The summed E-state index contributed by atoms with van der Waals surface area (Å²) in [6.45, 7) is 7.45. The van der Waals surface area contributed by atoms with Gasteiger partial charge in [0.1, 0.15) is 0 Å². The summed E-state index contributed by atoms with van der Waals surface area (Å²) >= 11 is 0. The molecule has 0 atom stereocenters. The standard InChI is InChI=1S/C11H14BNO2/c1-4-10(12(14)15)11-9(8(2)3)6-5-7-13-11/h4-7,14-15H,1H2,2-3H3/b11-10-. The number of hydrogen-bond acceptors (Lipinski definition) is 3. The van der Waals surface area contributed by atoms with E-state index in [2.05, 4.69) is 11.6 Å². The largest absolute Gasteiger partial charge is 0.490 e. The Bertz CT molecular complexity index is 476. The Hall–Kier alpha value is -1.39. The molecule has 0 aromatic carbocycles. The lowest BCUT2D eigenvalue weighted by Gasteiger charge is -2.00. The fourth-order valence-electron chi connectivity index (χ4n) is 1.36. The van der Waals surface area contributed by atoms with Crippen molar-refractivity contribution in [2.45, 2.75) is 13.8 Å². The molecule has 0 amide bonds. The van der Waals surface area contributed by atoms with E-state index in [0.717, 1.165) is 10.8 Å². The predicted molar refractivity (Wildman–Crippen MR) is 62.0 cm³/mol. The molecule has 15 heavy (non-hydrogen) atoms. The smallest absolute Gasteiger partial charge is 0.423 e. The zero-order valence-corrected chi connectivity index (χ0v) is 8.94. The maximum Gasteiger partial charge on any atom is 0.490 e. The van der Waals surface area contributed by atoms with Gasteiger partial charge in [0.05, 0.1) is 5.35 Å². The van der Waals surface area contributed by atoms with Crippen LogP contribution < -0.4 is 10.6 Å². The number of hydrogen-bond donors (Lipinski definition) is 2. The van der Waals surface area contributed by atoms with Crippen molar-refractivity contribution in [1.82, 2.24) is 4.98 Å². The van der Waals surface area contributed by atoms with Gasteiger partial charge in [0.25, 0.3) is 0 Å². The maximum atomic E-state index is 9.17. The number of allylic oxidation sites excluding steroid dienone is 1. The van der Waals surface area contributed by atoms with Crippen LogP contribution in [0.15, 0.2) is 31.0 Å². The summed E-state index contributed by atoms with van der Waals surface area (Å²) in [6, 6.07) is 3.71. The highest BCUT2D eigenvalue weighted by molar-refractivity contribution is 6.64. The lowest BCUT2D eigenvalue weighted by atomic mass is 9.78. The molecule has 4 heteroatoms. The zero-order chi connectivity index (χ0) is 11.4. The number of rotatable bonds is 2. The molecule has 0 saturated carbocycles. The van der Waals surface area contributed by atoms with Gasteiger partial charge < -0.3 is 10.0 Å². The summed E-state index contributed by atoms with van der Waals surface area (Å²) in [5.41, 5.74) is 1.39. The molecule has 2 N–H and O–H groups in total. The van der Waals surface area contributed by atoms with Crippen LogP contribution in [-0.2, 0) is 0 Å². The summed E-state index contributed by atoms with van der Waals surface area (Å²) in [6.07, 6.45) is 3.03. The van der Waals surface area contributed by atoms with Gasteiger partial charge in [-0.2, -0.15) is 0 Å². The van der Waals surface area contributed by atoms with Crippen LogP contribution >= 0.6 is 0 Å². The second-order valence-electron chi connectivity index (χ2n) is 3.43. The Balaban J connectivity index is 3.77. The summed E-state index contributed by atoms with van der Waals surface area (Å²) in [7, 11) is -1.55. The van der Waals surface area contributed by atoms with Gasteiger partial charge in [0, 0.05) is 11.7 Å². The van der Waals surface area contributed by atoms with Gasteiger partial charge in [0.15, 0.2) is 0 Å². The van der Waals surface area contributed by atoms with E-state index in [1.165, 1.54) is 6.08 Å². The average molecular weight is 203 g/mol. The average Bonchev–Trinajstić information content (AvgIpc) is 2.18. The molecule has 1 heterocycles. The van der Waals surface area contributed by atoms with Crippen LogP contribution in [0.25, 0.3) is 11.0 Å². The Labute approximate surface area is 89.3 Å². The van der Waals surface area contributed by atoms with Crippen LogP contribution in [0.5, 0.6) is 0 Å². The van der Waals surface area contributed by atoms with E-state index in [1.54, 1.807) is 6.20 Å². The highest BCUT2D eigenvalue weighted by Crippen LogP contribution is 1.94. The van der Waals surface area contributed by atoms with Gasteiger partial charge in [-0.1, -0.05) is 24.3 Å². The normalized spacial score (nSPS) is 12.0. The maximum absolute atomic E-state index is 9.17. The van der Waals surface area contributed by atoms with E-state index in [9.17, 15) is 0 Å². The third kappa shape index (κ3) is 2.55. The fourth-order valence-corrected chi connectivity index (χ4v) is 1.36. The first-order valence-corrected chi connectivity index (χ1v) is 4.69. The van der Waals surface area contributed by atoms with Crippen LogP contribution in [0.1, 0.15) is 13.8 Å². The first kappa shape index (κ1) is 11.7. The van der Waals surface area contributed by atoms with Crippen molar-refractivity contribution in [2.75, 3.05) is 0 Å². The van der Waals surface area contributed by atoms with E-state index < -0.39 is 7.12 Å². The van der Waals surface area contributed by atoms with Gasteiger partial charge in [-0.15, -0.1) is 0 Å². The fraction of sp³-hybridized carbons (Fsp3) is 0.182. The summed E-state index contributed by atoms with van der Waals surface area (Å²) in [4.78, 5) is 4.14. The molecule has 0 radical (unpaired) electrons. The Kier molecular flexibility index (Phi) is 3.83. The number of nitrogens with zero attached hydrogens (tertiary/aromatic N) is 1. The van der Waals surface area contributed by atoms with Crippen molar-refractivity contribution in [3.63, 3.8) is 0 Å². The molecule has 1 aromatic heterocycles. The second kappa shape index (κ2) is 4.91. The summed E-state index contributed by atoms with van der Waals surface area (Å²) in [5.74, 6) is 0. The van der Waals surface area contributed by atoms with Crippen molar-refractivity contribution in [3.8, 4) is 0 Å². The van der Waals surface area contributed by atoms with Crippen molar-refractivity contribution >= 4 is 18.2 Å². The zero-order valence-electron chi connectivity index (χ0n) is 8.94. The molecule has 0 aliphatic carbocycles. The van der Waals surface area contributed by atoms with Crippen molar-refractivity contribution < 1.29 is 10.0 Å². The minimum atomic E-state index is -1.55. The van der Waals surface area contributed by atoms with E-state index in [-0.39, 0.29) is 0 Å². The van der Waals surface area contributed by atoms with E-state index in [1.807, 2.05) is 26.0 Å². The van der Waals surface area contributed by atoms with Crippen LogP contribution in [0.2, 0.25) is 0 Å². The first-order valence-electron chi connectivity index (χ1n) is 4.69. The highest BCUT2D eigenvalue weighted by Gasteiger charge is 2.13. The quantitative estimate of drug-likeness (QED) is 0.644. The molecule has 0 saturated heterocycles. The molecule has 0 bridgehead atoms. The molecule has 78 valence electrons. The molecule has 0 fully saturated rings. The van der Waals surface area contributed by atoms with Crippen LogP contribution in [0, 0.1) is 0 Å². The SMILES string of the molecule is C=C/C(B(O)O)=c1/ncccc1=C(C)C. The Morgan fingerprint density at radius 2 is 2.13 bits per heavy atom. The van der Waals surface area contributed by atoms with Gasteiger partial charge in [-0.25, -0.2) is 0 Å². The lowest BCUT2D eigenvalue weighted by molar-refractivity contribution is 0.427. The van der Waals surface area contributed by atoms with Gasteiger partial charge in [-0.05, 0) is 25.1 Å². The summed E-state index contributed by atoms with van der Waals surface area (Å²) < 4.78 is 0. The minimum absolute atomic E-state index is 0.326. The van der Waals surface area contributed by atoms with Gasteiger partial charge in [-0.3, -0.25) is 4.98 Å². The monoisotopic (exact) mass is 203 g/mol. The van der Waals surface area contributed by atoms with Crippen molar-refractivity contribution in [1.29, 1.82) is 0 Å². The number of aromatic nitrogens is 1. The van der Waals surface area contributed by atoms with Gasteiger partial charge >= 0.3 is 7.12 Å². The molecule has 1 rings (SSSR count). The molecule has 3 nitrogen and oxygen atoms in total. The molecule has 0 aliphatic rings. The number of pyridine rings is 1. The molecule has 0 aliphatic heterocycles. The van der Waals surface area contributed by atoms with Gasteiger partial charge in [0.2, 0.25) is 0 Å².